The van der Waals surface area contributed by atoms with Crippen LogP contribution >= 0.6 is 24.0 Å². The van der Waals surface area contributed by atoms with Gasteiger partial charge in [0.2, 0.25) is 5.91 Å². The van der Waals surface area contributed by atoms with Crippen LogP contribution in [0.3, 0.4) is 0 Å². The zero-order valence-corrected chi connectivity index (χ0v) is 14.8. The van der Waals surface area contributed by atoms with Crippen molar-refractivity contribution in [3.05, 3.63) is 70.5 Å². The summed E-state index contributed by atoms with van der Waals surface area (Å²) in [7, 11) is 0. The molecular formula is C18H21Cl2FN2O. The molecule has 2 rings (SSSR count). The molecule has 2 N–H and O–H groups in total. The van der Waals surface area contributed by atoms with Crippen molar-refractivity contribution in [2.45, 2.75) is 19.4 Å². The highest BCUT2D eigenvalue weighted by atomic mass is 35.5. The summed E-state index contributed by atoms with van der Waals surface area (Å²) >= 11 is 6.01. The van der Waals surface area contributed by atoms with E-state index < -0.39 is 5.82 Å². The first-order chi connectivity index (χ1) is 11.1. The summed E-state index contributed by atoms with van der Waals surface area (Å²) in [4.78, 5) is 14.3. The van der Waals surface area contributed by atoms with E-state index in [-0.39, 0.29) is 35.3 Å². The molecule has 0 aliphatic heterocycles. The van der Waals surface area contributed by atoms with Gasteiger partial charge in [-0.15, -0.1) is 12.4 Å². The quantitative estimate of drug-likeness (QED) is 0.804. The summed E-state index contributed by atoms with van der Waals surface area (Å²) in [5.74, 6) is -0.612. The van der Waals surface area contributed by atoms with Crippen molar-refractivity contribution >= 4 is 29.9 Å². The lowest BCUT2D eigenvalue weighted by Crippen LogP contribution is -2.34. The number of amides is 1. The fourth-order valence-corrected chi connectivity index (χ4v) is 2.57. The summed E-state index contributed by atoms with van der Waals surface area (Å²) in [6, 6.07) is 14.1. The predicted molar refractivity (Wildman–Crippen MR) is 97.9 cm³/mol. The highest BCUT2D eigenvalue weighted by Crippen LogP contribution is 2.20. The van der Waals surface area contributed by atoms with Gasteiger partial charge in [-0.1, -0.05) is 48.0 Å². The fraction of sp³-hybridized carbons (Fsp3) is 0.278. The molecule has 1 amide bonds. The third-order valence-electron chi connectivity index (χ3n) is 3.59. The molecule has 3 nitrogen and oxygen atoms in total. The lowest BCUT2D eigenvalue weighted by molar-refractivity contribution is -0.131. The van der Waals surface area contributed by atoms with Gasteiger partial charge in [-0.05, 0) is 30.7 Å². The lowest BCUT2D eigenvalue weighted by atomic mass is 10.1. The highest BCUT2D eigenvalue weighted by molar-refractivity contribution is 6.31. The molecule has 0 unspecified atom stereocenters. The predicted octanol–water partition coefficient (Wildman–Crippen LogP) is 3.82. The Balaban J connectivity index is 0.00000288. The Labute approximate surface area is 153 Å². The maximum absolute atomic E-state index is 13.9. The maximum atomic E-state index is 13.9. The van der Waals surface area contributed by atoms with Gasteiger partial charge in [0.15, 0.2) is 0 Å². The van der Waals surface area contributed by atoms with Crippen molar-refractivity contribution in [3.63, 3.8) is 0 Å². The molecule has 130 valence electrons. The molecule has 0 spiro atoms. The maximum Gasteiger partial charge on any atom is 0.227 e. The highest BCUT2D eigenvalue weighted by Gasteiger charge is 2.18. The van der Waals surface area contributed by atoms with Crippen LogP contribution < -0.4 is 5.73 Å². The molecule has 0 aliphatic rings. The first-order valence-corrected chi connectivity index (χ1v) is 7.94. The number of rotatable bonds is 7. The van der Waals surface area contributed by atoms with Gasteiger partial charge in [-0.3, -0.25) is 4.79 Å². The van der Waals surface area contributed by atoms with E-state index in [1.165, 1.54) is 12.1 Å². The molecule has 0 saturated carbocycles. The molecule has 0 fully saturated rings. The molecule has 0 aliphatic carbocycles. The van der Waals surface area contributed by atoms with E-state index >= 15 is 0 Å². The molecular weight excluding hydrogens is 350 g/mol. The second-order valence-electron chi connectivity index (χ2n) is 5.32. The second-order valence-corrected chi connectivity index (χ2v) is 5.73. The van der Waals surface area contributed by atoms with Gasteiger partial charge in [0.25, 0.3) is 0 Å². The summed E-state index contributed by atoms with van der Waals surface area (Å²) in [5, 5.41) is 0.275. The molecule has 0 heterocycles. The average molecular weight is 371 g/mol. The van der Waals surface area contributed by atoms with Crippen LogP contribution in [0.1, 0.15) is 17.5 Å². The van der Waals surface area contributed by atoms with Crippen LogP contribution in [0.5, 0.6) is 0 Å². The molecule has 2 aromatic rings. The van der Waals surface area contributed by atoms with Crippen LogP contribution in [0.15, 0.2) is 48.5 Å². The van der Waals surface area contributed by atoms with E-state index in [0.29, 0.717) is 26.1 Å². The molecule has 0 atom stereocenters. The van der Waals surface area contributed by atoms with Crippen LogP contribution in [-0.2, 0) is 17.8 Å². The summed E-state index contributed by atoms with van der Waals surface area (Å²) in [6.07, 6.45) is 0.645. The van der Waals surface area contributed by atoms with Crippen molar-refractivity contribution in [3.8, 4) is 0 Å². The molecule has 0 aromatic heterocycles. The minimum absolute atomic E-state index is 0. The first kappa shape index (κ1) is 20.4. The average Bonchev–Trinajstić information content (AvgIpc) is 2.55. The largest absolute Gasteiger partial charge is 0.338 e. The Kier molecular flexibility index (Phi) is 8.76. The van der Waals surface area contributed by atoms with Crippen molar-refractivity contribution in [1.29, 1.82) is 0 Å². The SMILES string of the molecule is Cl.NCCCN(Cc1ccccc1)C(=O)Cc1c(F)cccc1Cl. The third kappa shape index (κ3) is 5.78. The number of nitrogens with zero attached hydrogens (tertiary/aromatic N) is 1. The molecule has 2 aromatic carbocycles. The Morgan fingerprint density at radius 1 is 1.12 bits per heavy atom. The smallest absolute Gasteiger partial charge is 0.227 e. The van der Waals surface area contributed by atoms with E-state index in [0.717, 1.165) is 5.56 Å². The number of halogens is 3. The number of carbonyl (C=O) groups is 1. The second kappa shape index (κ2) is 10.3. The Hall–Kier alpha value is -1.62. The van der Waals surface area contributed by atoms with Crippen LogP contribution in [0, 0.1) is 5.82 Å². The third-order valence-corrected chi connectivity index (χ3v) is 3.94. The first-order valence-electron chi connectivity index (χ1n) is 7.56. The van der Waals surface area contributed by atoms with Gasteiger partial charge in [-0.25, -0.2) is 4.39 Å². The normalized spacial score (nSPS) is 10.1. The number of hydrogen-bond donors (Lipinski definition) is 1. The zero-order chi connectivity index (χ0) is 16.7. The number of hydrogen-bond acceptors (Lipinski definition) is 2. The van der Waals surface area contributed by atoms with Crippen LogP contribution in [-0.4, -0.2) is 23.9 Å². The van der Waals surface area contributed by atoms with Crippen LogP contribution in [0.25, 0.3) is 0 Å². The van der Waals surface area contributed by atoms with Gasteiger partial charge < -0.3 is 10.6 Å². The Bertz CT molecular complexity index is 632. The van der Waals surface area contributed by atoms with E-state index in [2.05, 4.69) is 0 Å². The Morgan fingerprint density at radius 2 is 1.83 bits per heavy atom. The fourth-order valence-electron chi connectivity index (χ4n) is 2.34. The molecule has 6 heteroatoms. The minimum atomic E-state index is -0.454. The summed E-state index contributed by atoms with van der Waals surface area (Å²) < 4.78 is 13.9. The topological polar surface area (TPSA) is 46.3 Å². The van der Waals surface area contributed by atoms with Crippen LogP contribution in [0.4, 0.5) is 4.39 Å². The zero-order valence-electron chi connectivity index (χ0n) is 13.3. The standard InChI is InChI=1S/C18H20ClFN2O.ClH/c19-16-8-4-9-17(20)15(16)12-18(23)22(11-5-10-21)13-14-6-2-1-3-7-14;/h1-4,6-9H,5,10-13,21H2;1H. The summed E-state index contributed by atoms with van der Waals surface area (Å²) in [6.45, 7) is 1.51. The van der Waals surface area contributed by atoms with Gasteiger partial charge >= 0.3 is 0 Å². The van der Waals surface area contributed by atoms with Crippen LogP contribution in [0.2, 0.25) is 5.02 Å². The number of nitrogens with two attached hydrogens (primary N) is 1. The van der Waals surface area contributed by atoms with Gasteiger partial charge in [0, 0.05) is 23.7 Å². The van der Waals surface area contributed by atoms with Crippen molar-refractivity contribution in [2.24, 2.45) is 5.73 Å². The Morgan fingerprint density at radius 3 is 2.46 bits per heavy atom. The van der Waals surface area contributed by atoms with Gasteiger partial charge in [0.05, 0.1) is 6.42 Å². The van der Waals surface area contributed by atoms with Gasteiger partial charge in [0.1, 0.15) is 5.82 Å². The van der Waals surface area contributed by atoms with Gasteiger partial charge in [-0.2, -0.15) is 0 Å². The molecule has 0 bridgehead atoms. The van der Waals surface area contributed by atoms with E-state index in [1.54, 1.807) is 11.0 Å². The number of benzene rings is 2. The van der Waals surface area contributed by atoms with Crippen molar-refractivity contribution in [2.75, 3.05) is 13.1 Å². The van der Waals surface area contributed by atoms with E-state index in [4.69, 9.17) is 17.3 Å². The number of carbonyl (C=O) groups excluding carboxylic acids is 1. The van der Waals surface area contributed by atoms with E-state index in [9.17, 15) is 9.18 Å². The van der Waals surface area contributed by atoms with Crippen molar-refractivity contribution < 1.29 is 9.18 Å². The van der Waals surface area contributed by atoms with Crippen molar-refractivity contribution in [1.82, 2.24) is 4.90 Å². The molecule has 0 radical (unpaired) electrons. The van der Waals surface area contributed by atoms with E-state index in [1.807, 2.05) is 30.3 Å². The minimum Gasteiger partial charge on any atom is -0.338 e. The summed E-state index contributed by atoms with van der Waals surface area (Å²) in [5.41, 5.74) is 6.82. The molecule has 24 heavy (non-hydrogen) atoms. The molecule has 0 saturated heterocycles. The monoisotopic (exact) mass is 370 g/mol. The lowest BCUT2D eigenvalue weighted by Gasteiger charge is -2.23.